The lowest BCUT2D eigenvalue weighted by molar-refractivity contribution is -0.917. The number of ether oxygens (including phenoxy) is 1. The van der Waals surface area contributed by atoms with Crippen LogP contribution in [0, 0.1) is 0 Å². The van der Waals surface area contributed by atoms with E-state index < -0.39 is 0 Å². The van der Waals surface area contributed by atoms with Gasteiger partial charge in [0.25, 0.3) is 0 Å². The molecule has 6 nitrogen and oxygen atoms in total. The number of hydrogen-bond donors (Lipinski definition) is 1. The van der Waals surface area contributed by atoms with Crippen molar-refractivity contribution in [2.75, 3.05) is 32.8 Å². The molecule has 0 unspecified atom stereocenters. The van der Waals surface area contributed by atoms with Gasteiger partial charge >= 0.3 is 0 Å². The van der Waals surface area contributed by atoms with Crippen LogP contribution in [0.3, 0.4) is 0 Å². The van der Waals surface area contributed by atoms with Gasteiger partial charge in [-0.3, -0.25) is 9.78 Å². The van der Waals surface area contributed by atoms with Crippen LogP contribution in [0.4, 0.5) is 0 Å². The van der Waals surface area contributed by atoms with E-state index in [0.29, 0.717) is 6.61 Å². The average Bonchev–Trinajstić information content (AvgIpc) is 3.12. The highest BCUT2D eigenvalue weighted by Gasteiger charge is 2.23. The van der Waals surface area contributed by atoms with E-state index >= 15 is 0 Å². The maximum atomic E-state index is 12.4. The minimum absolute atomic E-state index is 0.0686. The van der Waals surface area contributed by atoms with Crippen LogP contribution in [0.25, 0.3) is 10.2 Å². The van der Waals surface area contributed by atoms with Gasteiger partial charge in [0.1, 0.15) is 18.2 Å². The number of nitrogens with one attached hydrogen (secondary N) is 1. The Morgan fingerprint density at radius 1 is 1.15 bits per heavy atom. The SMILES string of the molecule is O=C(COCc1nc2ccccc2s1)N1CC[NH+](Cc2ccncc2)CC1. The highest BCUT2D eigenvalue weighted by atomic mass is 32.1. The Kier molecular flexibility index (Phi) is 5.72. The van der Waals surface area contributed by atoms with Gasteiger partial charge in [0.05, 0.1) is 43.0 Å². The number of hydrogen-bond acceptors (Lipinski definition) is 5. The number of nitrogens with zero attached hydrogens (tertiary/aromatic N) is 3. The third-order valence-corrected chi connectivity index (χ3v) is 5.83. The van der Waals surface area contributed by atoms with Crippen molar-refractivity contribution in [3.63, 3.8) is 0 Å². The second-order valence-corrected chi connectivity index (χ2v) is 7.85. The van der Waals surface area contributed by atoms with Crippen LogP contribution < -0.4 is 4.90 Å². The first-order valence-electron chi connectivity index (χ1n) is 9.20. The van der Waals surface area contributed by atoms with Crippen molar-refractivity contribution in [3.05, 3.63) is 59.4 Å². The summed E-state index contributed by atoms with van der Waals surface area (Å²) in [7, 11) is 0. The summed E-state index contributed by atoms with van der Waals surface area (Å²) < 4.78 is 6.78. The first-order valence-corrected chi connectivity index (χ1v) is 10.0. The fourth-order valence-corrected chi connectivity index (χ4v) is 4.24. The molecule has 3 heterocycles. The van der Waals surface area contributed by atoms with Crippen molar-refractivity contribution in [3.8, 4) is 0 Å². The van der Waals surface area contributed by atoms with Gasteiger partial charge in [-0.1, -0.05) is 12.1 Å². The largest absolute Gasteiger partial charge is 0.364 e. The number of quaternary nitrogens is 1. The fourth-order valence-electron chi connectivity index (χ4n) is 3.34. The van der Waals surface area contributed by atoms with Gasteiger partial charge in [0.15, 0.2) is 0 Å². The van der Waals surface area contributed by atoms with Gasteiger partial charge < -0.3 is 14.5 Å². The Morgan fingerprint density at radius 3 is 2.70 bits per heavy atom. The number of para-hydroxylation sites is 1. The van der Waals surface area contributed by atoms with Crippen LogP contribution in [-0.2, 0) is 22.7 Å². The summed E-state index contributed by atoms with van der Waals surface area (Å²) in [5, 5.41) is 0.913. The first-order chi connectivity index (χ1) is 13.3. The molecule has 3 aromatic rings. The molecule has 2 aromatic heterocycles. The lowest BCUT2D eigenvalue weighted by atomic mass is 10.2. The predicted octanol–water partition coefficient (Wildman–Crippen LogP) is 1.14. The Balaban J connectivity index is 1.20. The van der Waals surface area contributed by atoms with Crippen LogP contribution in [0.15, 0.2) is 48.8 Å². The van der Waals surface area contributed by atoms with Crippen LogP contribution in [0.2, 0.25) is 0 Å². The zero-order valence-corrected chi connectivity index (χ0v) is 16.0. The van der Waals surface area contributed by atoms with E-state index in [1.54, 1.807) is 11.3 Å². The maximum Gasteiger partial charge on any atom is 0.248 e. The van der Waals surface area contributed by atoms with Crippen LogP contribution in [0.1, 0.15) is 10.6 Å². The zero-order valence-electron chi connectivity index (χ0n) is 15.1. The number of pyridine rings is 1. The van der Waals surface area contributed by atoms with E-state index in [9.17, 15) is 4.79 Å². The molecule has 0 aliphatic carbocycles. The van der Waals surface area contributed by atoms with E-state index in [0.717, 1.165) is 47.9 Å². The number of carbonyl (C=O) groups excluding carboxylic acids is 1. The Hall–Kier alpha value is -2.35. The number of amides is 1. The molecule has 140 valence electrons. The minimum atomic E-state index is 0.0686. The van der Waals surface area contributed by atoms with E-state index in [-0.39, 0.29) is 12.5 Å². The van der Waals surface area contributed by atoms with Gasteiger partial charge in [-0.05, 0) is 24.3 Å². The third-order valence-electron chi connectivity index (χ3n) is 4.82. The van der Waals surface area contributed by atoms with Crippen molar-refractivity contribution in [2.45, 2.75) is 13.2 Å². The second kappa shape index (κ2) is 8.56. The van der Waals surface area contributed by atoms with E-state index in [1.165, 1.54) is 10.5 Å². The second-order valence-electron chi connectivity index (χ2n) is 6.73. The minimum Gasteiger partial charge on any atom is -0.364 e. The molecular formula is C20H23N4O2S+. The number of aromatic nitrogens is 2. The summed E-state index contributed by atoms with van der Waals surface area (Å²) in [6.07, 6.45) is 3.66. The van der Waals surface area contributed by atoms with Gasteiger partial charge in [-0.2, -0.15) is 0 Å². The van der Waals surface area contributed by atoms with Gasteiger partial charge in [-0.25, -0.2) is 4.98 Å². The molecule has 0 spiro atoms. The van der Waals surface area contributed by atoms with Crippen LogP contribution in [0.5, 0.6) is 0 Å². The van der Waals surface area contributed by atoms with E-state index in [2.05, 4.69) is 28.2 Å². The van der Waals surface area contributed by atoms with E-state index in [4.69, 9.17) is 4.74 Å². The molecule has 1 N–H and O–H groups in total. The summed E-state index contributed by atoms with van der Waals surface area (Å²) in [5.74, 6) is 0.0686. The smallest absolute Gasteiger partial charge is 0.248 e. The molecule has 7 heteroatoms. The molecule has 1 aromatic carbocycles. The number of fused-ring (bicyclic) bond motifs is 1. The van der Waals surface area contributed by atoms with Gasteiger partial charge in [-0.15, -0.1) is 11.3 Å². The highest BCUT2D eigenvalue weighted by molar-refractivity contribution is 7.18. The predicted molar refractivity (Wildman–Crippen MR) is 104 cm³/mol. The van der Waals surface area contributed by atoms with Crippen molar-refractivity contribution >= 4 is 27.5 Å². The third kappa shape index (κ3) is 4.68. The van der Waals surface area contributed by atoms with Crippen molar-refractivity contribution in [1.29, 1.82) is 0 Å². The molecule has 0 atom stereocenters. The monoisotopic (exact) mass is 383 g/mol. The molecule has 1 amide bonds. The molecule has 1 aliphatic heterocycles. The molecule has 27 heavy (non-hydrogen) atoms. The molecule has 4 rings (SSSR count). The van der Waals surface area contributed by atoms with Gasteiger partial charge in [0, 0.05) is 18.0 Å². The number of thiazole rings is 1. The summed E-state index contributed by atoms with van der Waals surface area (Å²) >= 11 is 1.62. The van der Waals surface area contributed by atoms with Crippen LogP contribution >= 0.6 is 11.3 Å². The molecule has 1 saturated heterocycles. The van der Waals surface area contributed by atoms with Crippen molar-refractivity contribution < 1.29 is 14.4 Å². The lowest BCUT2D eigenvalue weighted by Crippen LogP contribution is -3.13. The Morgan fingerprint density at radius 2 is 1.93 bits per heavy atom. The molecular weight excluding hydrogens is 360 g/mol. The quantitative estimate of drug-likeness (QED) is 0.693. The lowest BCUT2D eigenvalue weighted by Gasteiger charge is -2.32. The van der Waals surface area contributed by atoms with E-state index in [1.807, 2.05) is 35.5 Å². The summed E-state index contributed by atoms with van der Waals surface area (Å²) in [6.45, 7) is 4.98. The number of carbonyl (C=O) groups is 1. The highest BCUT2D eigenvalue weighted by Crippen LogP contribution is 2.21. The number of piperazine rings is 1. The average molecular weight is 383 g/mol. The normalized spacial score (nSPS) is 15.3. The fraction of sp³-hybridized carbons (Fsp3) is 0.350. The molecule has 1 aliphatic rings. The number of rotatable bonds is 6. The maximum absolute atomic E-state index is 12.4. The Labute approximate surface area is 162 Å². The molecule has 0 bridgehead atoms. The van der Waals surface area contributed by atoms with Crippen molar-refractivity contribution in [2.24, 2.45) is 0 Å². The Bertz CT molecular complexity index is 858. The first kappa shape index (κ1) is 18.0. The molecule has 0 saturated carbocycles. The van der Waals surface area contributed by atoms with Crippen LogP contribution in [-0.4, -0.2) is 53.6 Å². The standard InChI is InChI=1S/C20H22N4O2S/c25-20(15-26-14-19-22-17-3-1-2-4-18(17)27-19)24-11-9-23(10-12-24)13-16-5-7-21-8-6-16/h1-8H,9-15H2/p+1. The zero-order chi connectivity index (χ0) is 18.5. The summed E-state index contributed by atoms with van der Waals surface area (Å²) in [6, 6.07) is 12.1. The summed E-state index contributed by atoms with van der Waals surface area (Å²) in [4.78, 5) is 24.4. The molecule has 1 fully saturated rings. The molecule has 0 radical (unpaired) electrons. The van der Waals surface area contributed by atoms with Crippen molar-refractivity contribution in [1.82, 2.24) is 14.9 Å². The van der Waals surface area contributed by atoms with Gasteiger partial charge in [0.2, 0.25) is 5.91 Å². The topological polar surface area (TPSA) is 59.8 Å². The summed E-state index contributed by atoms with van der Waals surface area (Å²) in [5.41, 5.74) is 2.28. The number of benzene rings is 1.